The van der Waals surface area contributed by atoms with Gasteiger partial charge >= 0.3 is 0 Å². The van der Waals surface area contributed by atoms with Crippen molar-refractivity contribution < 1.29 is 9.53 Å². The Morgan fingerprint density at radius 3 is 2.78 bits per heavy atom. The zero-order chi connectivity index (χ0) is 18.8. The highest BCUT2D eigenvalue weighted by Crippen LogP contribution is 2.24. The third-order valence-corrected chi connectivity index (χ3v) is 4.41. The number of guanidine groups is 1. The van der Waals surface area contributed by atoms with Crippen molar-refractivity contribution in [2.24, 2.45) is 16.6 Å². The normalized spacial score (nSPS) is 15.2. The molecule has 0 saturated carbocycles. The number of rotatable bonds is 8. The first-order valence-electron chi connectivity index (χ1n) is 9.15. The molecule has 1 fully saturated rings. The molecule has 1 aromatic heterocycles. The molecule has 1 aliphatic heterocycles. The van der Waals surface area contributed by atoms with Gasteiger partial charge in [-0.1, -0.05) is 6.07 Å². The molecule has 0 atom stereocenters. The van der Waals surface area contributed by atoms with Crippen molar-refractivity contribution in [3.63, 3.8) is 0 Å². The molecule has 0 unspecified atom stereocenters. The van der Waals surface area contributed by atoms with Crippen LogP contribution in [0.1, 0.15) is 25.3 Å². The summed E-state index contributed by atoms with van der Waals surface area (Å²) in [6.07, 6.45) is 3.34. The average Bonchev–Trinajstić information content (AvgIpc) is 2.66. The summed E-state index contributed by atoms with van der Waals surface area (Å²) in [6.45, 7) is 6.24. The minimum atomic E-state index is -0.201. The van der Waals surface area contributed by atoms with Crippen molar-refractivity contribution in [1.29, 1.82) is 0 Å². The number of aliphatic imine (C=N–C) groups is 1. The van der Waals surface area contributed by atoms with E-state index in [9.17, 15) is 4.79 Å². The highest BCUT2D eigenvalue weighted by Gasteiger charge is 2.24. The van der Waals surface area contributed by atoms with E-state index in [0.29, 0.717) is 19.7 Å². The van der Waals surface area contributed by atoms with Crippen LogP contribution in [0.25, 0.3) is 0 Å². The van der Waals surface area contributed by atoms with E-state index >= 15 is 0 Å². The van der Waals surface area contributed by atoms with Gasteiger partial charge in [0.2, 0.25) is 5.91 Å². The minimum Gasteiger partial charge on any atom is -0.383 e. The molecule has 0 bridgehead atoms. The SMILES string of the molecule is CCNC(=NCc1cccnc1N1CCC(C(N)=O)CC1)NCCOC.I. The summed E-state index contributed by atoms with van der Waals surface area (Å²) in [7, 11) is 1.68. The highest BCUT2D eigenvalue weighted by molar-refractivity contribution is 14.0. The molecule has 0 radical (unpaired) electrons. The van der Waals surface area contributed by atoms with Gasteiger partial charge in [-0.3, -0.25) is 4.79 Å². The summed E-state index contributed by atoms with van der Waals surface area (Å²) < 4.78 is 5.06. The molecule has 1 aliphatic rings. The van der Waals surface area contributed by atoms with E-state index in [1.54, 1.807) is 13.3 Å². The van der Waals surface area contributed by atoms with Crippen LogP contribution in [0.3, 0.4) is 0 Å². The number of anilines is 1. The average molecular weight is 490 g/mol. The fourth-order valence-electron chi connectivity index (χ4n) is 2.99. The Morgan fingerprint density at radius 2 is 2.15 bits per heavy atom. The summed E-state index contributed by atoms with van der Waals surface area (Å²) in [5, 5.41) is 6.46. The smallest absolute Gasteiger partial charge is 0.220 e. The van der Waals surface area contributed by atoms with Crippen molar-refractivity contribution in [2.45, 2.75) is 26.3 Å². The number of amides is 1. The number of methoxy groups -OCH3 is 1. The lowest BCUT2D eigenvalue weighted by molar-refractivity contribution is -0.122. The molecule has 152 valence electrons. The maximum Gasteiger partial charge on any atom is 0.220 e. The number of nitrogens with zero attached hydrogens (tertiary/aromatic N) is 3. The number of hydrogen-bond acceptors (Lipinski definition) is 5. The van der Waals surface area contributed by atoms with Gasteiger partial charge in [-0.15, -0.1) is 24.0 Å². The van der Waals surface area contributed by atoms with Crippen molar-refractivity contribution in [2.75, 3.05) is 44.8 Å². The van der Waals surface area contributed by atoms with Crippen LogP contribution in [0.15, 0.2) is 23.3 Å². The van der Waals surface area contributed by atoms with Gasteiger partial charge in [0.1, 0.15) is 5.82 Å². The molecule has 2 rings (SSSR count). The predicted octanol–water partition coefficient (Wildman–Crippen LogP) is 1.10. The maximum atomic E-state index is 11.4. The molecule has 4 N–H and O–H groups in total. The van der Waals surface area contributed by atoms with Crippen molar-refractivity contribution in [3.05, 3.63) is 23.9 Å². The molecule has 2 heterocycles. The van der Waals surface area contributed by atoms with Crippen LogP contribution in [0, 0.1) is 5.92 Å². The zero-order valence-corrected chi connectivity index (χ0v) is 18.4. The Labute approximate surface area is 178 Å². The molecule has 9 heteroatoms. The van der Waals surface area contributed by atoms with E-state index in [4.69, 9.17) is 10.5 Å². The third kappa shape index (κ3) is 7.49. The van der Waals surface area contributed by atoms with Crippen LogP contribution >= 0.6 is 24.0 Å². The predicted molar refractivity (Wildman–Crippen MR) is 118 cm³/mol. The second-order valence-electron chi connectivity index (χ2n) is 6.26. The topological polar surface area (TPSA) is 105 Å². The molecule has 0 aliphatic carbocycles. The van der Waals surface area contributed by atoms with Gasteiger partial charge in [-0.2, -0.15) is 0 Å². The van der Waals surface area contributed by atoms with Gasteiger partial charge in [0.15, 0.2) is 5.96 Å². The second-order valence-corrected chi connectivity index (χ2v) is 6.26. The molecule has 27 heavy (non-hydrogen) atoms. The number of ether oxygens (including phenoxy) is 1. The Hall–Kier alpha value is -1.62. The quantitative estimate of drug-likeness (QED) is 0.218. The van der Waals surface area contributed by atoms with Gasteiger partial charge in [-0.25, -0.2) is 9.98 Å². The molecule has 1 saturated heterocycles. The first-order chi connectivity index (χ1) is 12.7. The molecule has 8 nitrogen and oxygen atoms in total. The van der Waals surface area contributed by atoms with E-state index in [0.717, 1.165) is 49.8 Å². The van der Waals surface area contributed by atoms with Crippen LogP contribution < -0.4 is 21.3 Å². The van der Waals surface area contributed by atoms with Crippen LogP contribution in [-0.4, -0.2) is 56.7 Å². The zero-order valence-electron chi connectivity index (χ0n) is 16.1. The van der Waals surface area contributed by atoms with Crippen molar-refractivity contribution in [1.82, 2.24) is 15.6 Å². The van der Waals surface area contributed by atoms with Crippen molar-refractivity contribution in [3.8, 4) is 0 Å². The lowest BCUT2D eigenvalue weighted by Crippen LogP contribution is -2.39. The van der Waals surface area contributed by atoms with E-state index in [1.807, 2.05) is 19.1 Å². The largest absolute Gasteiger partial charge is 0.383 e. The summed E-state index contributed by atoms with van der Waals surface area (Å²) in [5.41, 5.74) is 6.49. The first-order valence-corrected chi connectivity index (χ1v) is 9.15. The number of nitrogens with two attached hydrogens (primary N) is 1. The van der Waals surface area contributed by atoms with Gasteiger partial charge in [-0.05, 0) is 25.8 Å². The number of aromatic nitrogens is 1. The fourth-order valence-corrected chi connectivity index (χ4v) is 2.99. The molecular formula is C18H31IN6O2. The maximum absolute atomic E-state index is 11.4. The van der Waals surface area contributed by atoms with Crippen molar-refractivity contribution >= 4 is 41.7 Å². The number of hydrogen-bond donors (Lipinski definition) is 3. The Bertz CT molecular complexity index is 605. The van der Waals surface area contributed by atoms with Gasteiger partial charge < -0.3 is 26.0 Å². The molecule has 0 spiro atoms. The van der Waals surface area contributed by atoms with Crippen LogP contribution in [0.2, 0.25) is 0 Å². The summed E-state index contributed by atoms with van der Waals surface area (Å²) in [4.78, 5) is 22.8. The molecule has 1 aromatic rings. The lowest BCUT2D eigenvalue weighted by Gasteiger charge is -2.32. The number of primary amides is 1. The van der Waals surface area contributed by atoms with E-state index in [1.165, 1.54) is 0 Å². The summed E-state index contributed by atoms with van der Waals surface area (Å²) in [5.74, 6) is 1.47. The minimum absolute atomic E-state index is 0. The van der Waals surface area contributed by atoms with Gasteiger partial charge in [0.05, 0.1) is 13.2 Å². The third-order valence-electron chi connectivity index (χ3n) is 4.41. The lowest BCUT2D eigenvalue weighted by atomic mass is 9.96. The number of halogens is 1. The standard InChI is InChI=1S/C18H30N6O2.HI/c1-3-20-18(22-9-12-26-2)23-13-15-5-4-8-21-17(15)24-10-6-14(7-11-24)16(19)25;/h4-5,8,14H,3,6-7,9-13H2,1-2H3,(H2,19,25)(H2,20,22,23);1H. The number of nitrogens with one attached hydrogen (secondary N) is 2. The Kier molecular flexibility index (Phi) is 11.0. The van der Waals surface area contributed by atoms with E-state index in [2.05, 4.69) is 25.5 Å². The second kappa shape index (κ2) is 12.7. The number of pyridine rings is 1. The first kappa shape index (κ1) is 23.4. The number of carbonyl (C=O) groups excluding carboxylic acids is 1. The fraction of sp³-hybridized carbons (Fsp3) is 0.611. The van der Waals surface area contributed by atoms with Crippen LogP contribution in [0.5, 0.6) is 0 Å². The summed E-state index contributed by atoms with van der Waals surface area (Å²) >= 11 is 0. The van der Waals surface area contributed by atoms with Crippen LogP contribution in [0.4, 0.5) is 5.82 Å². The van der Waals surface area contributed by atoms with E-state index in [-0.39, 0.29) is 35.8 Å². The Morgan fingerprint density at radius 1 is 1.41 bits per heavy atom. The Balaban J connectivity index is 0.00000364. The van der Waals surface area contributed by atoms with Crippen LogP contribution in [-0.2, 0) is 16.1 Å². The molecule has 0 aromatic carbocycles. The van der Waals surface area contributed by atoms with Gasteiger partial charge in [0, 0.05) is 51.0 Å². The number of carbonyl (C=O) groups is 1. The monoisotopic (exact) mass is 490 g/mol. The highest BCUT2D eigenvalue weighted by atomic mass is 127. The summed E-state index contributed by atoms with van der Waals surface area (Å²) in [6, 6.07) is 3.97. The molecule has 1 amide bonds. The van der Waals surface area contributed by atoms with E-state index < -0.39 is 0 Å². The number of piperidine rings is 1. The van der Waals surface area contributed by atoms with Gasteiger partial charge in [0.25, 0.3) is 0 Å². The molecular weight excluding hydrogens is 459 g/mol.